The smallest absolute Gasteiger partial charge is 0.251 e. The number of carbonyl (C=O) groups is 1. The number of nitrogens with one attached hydrogen (secondary N) is 1. The summed E-state index contributed by atoms with van der Waals surface area (Å²) in [5.41, 5.74) is 2.76. The van der Waals surface area contributed by atoms with Crippen molar-refractivity contribution >= 4 is 5.91 Å². The lowest BCUT2D eigenvalue weighted by atomic mass is 10.0. The molecule has 0 saturated carbocycles. The summed E-state index contributed by atoms with van der Waals surface area (Å²) in [6.45, 7) is 1.32. The summed E-state index contributed by atoms with van der Waals surface area (Å²) >= 11 is 0. The van der Waals surface area contributed by atoms with Crippen LogP contribution in [0.3, 0.4) is 0 Å². The maximum absolute atomic E-state index is 12.7. The van der Waals surface area contributed by atoms with Gasteiger partial charge in [0.25, 0.3) is 5.91 Å². The molecular weight excluding hydrogens is 328 g/mol. The number of para-hydroxylation sites is 1. The molecule has 1 aliphatic rings. The van der Waals surface area contributed by atoms with Crippen LogP contribution >= 0.6 is 0 Å². The van der Waals surface area contributed by atoms with Gasteiger partial charge in [0.1, 0.15) is 18.4 Å². The quantitative estimate of drug-likeness (QED) is 0.787. The first-order valence-electron chi connectivity index (χ1n) is 8.73. The molecule has 6 nitrogen and oxygen atoms in total. The van der Waals surface area contributed by atoms with Crippen LogP contribution in [0.25, 0.3) is 0 Å². The summed E-state index contributed by atoms with van der Waals surface area (Å²) in [6.07, 6.45) is 4.96. The number of hydrogen-bond acceptors (Lipinski definition) is 4. The molecule has 0 fully saturated rings. The van der Waals surface area contributed by atoms with Crippen molar-refractivity contribution in [2.45, 2.75) is 25.4 Å². The predicted octanol–water partition coefficient (Wildman–Crippen LogP) is 2.97. The molecule has 0 spiro atoms. The third-order valence-corrected chi connectivity index (χ3v) is 4.52. The number of aromatic nitrogens is 3. The Balaban J connectivity index is 1.46. The molecule has 2 aromatic carbocycles. The monoisotopic (exact) mass is 348 g/mol. The van der Waals surface area contributed by atoms with Crippen LogP contribution < -0.4 is 10.1 Å². The second kappa shape index (κ2) is 7.39. The number of ether oxygens (including phenoxy) is 1. The Hall–Kier alpha value is -3.15. The Morgan fingerprint density at radius 3 is 2.85 bits per heavy atom. The van der Waals surface area contributed by atoms with E-state index < -0.39 is 0 Å². The van der Waals surface area contributed by atoms with E-state index in [1.54, 1.807) is 11.0 Å². The topological polar surface area (TPSA) is 69.0 Å². The molecule has 6 heteroatoms. The van der Waals surface area contributed by atoms with Crippen LogP contribution in [0.15, 0.2) is 61.2 Å². The van der Waals surface area contributed by atoms with Crippen molar-refractivity contribution in [2.24, 2.45) is 0 Å². The zero-order valence-corrected chi connectivity index (χ0v) is 14.3. The Morgan fingerprint density at radius 2 is 2.04 bits per heavy atom. The Kier molecular flexibility index (Phi) is 4.64. The summed E-state index contributed by atoms with van der Waals surface area (Å²) < 4.78 is 7.51. The molecule has 0 saturated heterocycles. The van der Waals surface area contributed by atoms with Crippen molar-refractivity contribution < 1.29 is 9.53 Å². The minimum absolute atomic E-state index is 0.0315. The van der Waals surface area contributed by atoms with Crippen LogP contribution in [0, 0.1) is 0 Å². The van der Waals surface area contributed by atoms with Crippen LogP contribution in [0.5, 0.6) is 5.75 Å². The van der Waals surface area contributed by atoms with Crippen molar-refractivity contribution in [3.05, 3.63) is 77.9 Å². The van der Waals surface area contributed by atoms with Gasteiger partial charge in [-0.1, -0.05) is 30.3 Å². The van der Waals surface area contributed by atoms with Crippen molar-refractivity contribution in [1.82, 2.24) is 20.1 Å². The average Bonchev–Trinajstić information content (AvgIpc) is 3.10. The van der Waals surface area contributed by atoms with Crippen molar-refractivity contribution in [1.29, 1.82) is 0 Å². The minimum atomic E-state index is -0.0704. The Bertz CT molecular complexity index is 875. The van der Waals surface area contributed by atoms with E-state index in [0.29, 0.717) is 18.7 Å². The van der Waals surface area contributed by atoms with Gasteiger partial charge in [0.15, 0.2) is 0 Å². The number of benzene rings is 2. The highest BCUT2D eigenvalue weighted by atomic mass is 16.5. The van der Waals surface area contributed by atoms with E-state index in [9.17, 15) is 4.79 Å². The van der Waals surface area contributed by atoms with Crippen molar-refractivity contribution in [3.63, 3.8) is 0 Å². The van der Waals surface area contributed by atoms with E-state index in [-0.39, 0.29) is 11.9 Å². The van der Waals surface area contributed by atoms with E-state index in [0.717, 1.165) is 29.7 Å². The maximum atomic E-state index is 12.7. The third kappa shape index (κ3) is 3.59. The second-order valence-electron chi connectivity index (χ2n) is 6.34. The maximum Gasteiger partial charge on any atom is 0.251 e. The number of hydrogen-bond donors (Lipinski definition) is 1. The van der Waals surface area contributed by atoms with Gasteiger partial charge in [0, 0.05) is 11.1 Å². The van der Waals surface area contributed by atoms with Crippen LogP contribution in [0.1, 0.15) is 40.4 Å². The predicted molar refractivity (Wildman–Crippen MR) is 96.9 cm³/mol. The first kappa shape index (κ1) is 16.3. The lowest BCUT2D eigenvalue weighted by molar-refractivity contribution is 0.0934. The fourth-order valence-corrected chi connectivity index (χ4v) is 3.18. The van der Waals surface area contributed by atoms with E-state index in [4.69, 9.17) is 4.74 Å². The molecule has 4 rings (SSSR count). The molecule has 132 valence electrons. The molecule has 0 aliphatic carbocycles. The van der Waals surface area contributed by atoms with Gasteiger partial charge in [-0.3, -0.25) is 4.79 Å². The van der Waals surface area contributed by atoms with Crippen LogP contribution in [-0.4, -0.2) is 27.3 Å². The molecular formula is C20H20N4O2. The van der Waals surface area contributed by atoms with Gasteiger partial charge in [0.2, 0.25) is 0 Å². The molecule has 0 bridgehead atoms. The fraction of sp³-hybridized carbons (Fsp3) is 0.250. The van der Waals surface area contributed by atoms with Gasteiger partial charge in [-0.2, -0.15) is 5.10 Å². The molecule has 1 aromatic heterocycles. The molecule has 3 aromatic rings. The highest BCUT2D eigenvalue weighted by Gasteiger charge is 2.21. The second-order valence-corrected chi connectivity index (χ2v) is 6.34. The number of nitrogens with zero attached hydrogens (tertiary/aromatic N) is 3. The largest absolute Gasteiger partial charge is 0.493 e. The summed E-state index contributed by atoms with van der Waals surface area (Å²) in [6, 6.07) is 15.5. The summed E-state index contributed by atoms with van der Waals surface area (Å²) in [4.78, 5) is 16.6. The molecule has 2 heterocycles. The lowest BCUT2D eigenvalue weighted by Gasteiger charge is -2.18. The first-order valence-corrected chi connectivity index (χ1v) is 8.73. The van der Waals surface area contributed by atoms with Gasteiger partial charge in [-0.05, 0) is 36.6 Å². The summed E-state index contributed by atoms with van der Waals surface area (Å²) in [5.74, 6) is 0.789. The van der Waals surface area contributed by atoms with Crippen LogP contribution in [0.2, 0.25) is 0 Å². The van der Waals surface area contributed by atoms with Gasteiger partial charge in [0.05, 0.1) is 19.2 Å². The standard InChI is InChI=1S/C20H20N4O2/c25-20(16-9-7-15(8-10-16)12-24-14-21-13-22-24)23-18-5-3-11-26-19-6-2-1-4-17(18)19/h1-2,4,6-10,13-14,18H,3,5,11-12H2,(H,23,25)/t18-/m0/s1. The normalized spacial score (nSPS) is 16.2. The Labute approximate surface area is 151 Å². The molecule has 0 unspecified atom stereocenters. The third-order valence-electron chi connectivity index (χ3n) is 4.52. The van der Waals surface area contributed by atoms with Gasteiger partial charge in [-0.15, -0.1) is 0 Å². The van der Waals surface area contributed by atoms with Gasteiger partial charge < -0.3 is 10.1 Å². The number of rotatable bonds is 4. The summed E-state index contributed by atoms with van der Waals surface area (Å²) in [5, 5.41) is 7.24. The zero-order chi connectivity index (χ0) is 17.8. The SMILES string of the molecule is O=C(N[C@H]1CCCOc2ccccc21)c1ccc(Cn2cncn2)cc1. The molecule has 1 N–H and O–H groups in total. The Morgan fingerprint density at radius 1 is 1.19 bits per heavy atom. The highest BCUT2D eigenvalue weighted by Crippen LogP contribution is 2.31. The zero-order valence-electron chi connectivity index (χ0n) is 14.3. The van der Waals surface area contributed by atoms with E-state index >= 15 is 0 Å². The van der Waals surface area contributed by atoms with Crippen LogP contribution in [0.4, 0.5) is 0 Å². The molecule has 1 amide bonds. The highest BCUT2D eigenvalue weighted by molar-refractivity contribution is 5.94. The van der Waals surface area contributed by atoms with Crippen molar-refractivity contribution in [3.8, 4) is 5.75 Å². The minimum Gasteiger partial charge on any atom is -0.493 e. The van der Waals surface area contributed by atoms with Crippen LogP contribution in [-0.2, 0) is 6.54 Å². The molecule has 1 atom stereocenters. The lowest BCUT2D eigenvalue weighted by Crippen LogP contribution is -2.28. The van der Waals surface area contributed by atoms with Crippen molar-refractivity contribution in [2.75, 3.05) is 6.61 Å². The summed E-state index contributed by atoms with van der Waals surface area (Å²) in [7, 11) is 0. The first-order chi connectivity index (χ1) is 12.8. The van der Waals surface area contributed by atoms with Gasteiger partial charge >= 0.3 is 0 Å². The fourth-order valence-electron chi connectivity index (χ4n) is 3.18. The van der Waals surface area contributed by atoms with E-state index in [1.165, 1.54) is 6.33 Å². The number of carbonyl (C=O) groups excluding carboxylic acids is 1. The number of fused-ring (bicyclic) bond motifs is 1. The molecule has 0 radical (unpaired) electrons. The van der Waals surface area contributed by atoms with E-state index in [2.05, 4.69) is 15.4 Å². The average molecular weight is 348 g/mol. The van der Waals surface area contributed by atoms with E-state index in [1.807, 2.05) is 48.5 Å². The molecule has 1 aliphatic heterocycles. The van der Waals surface area contributed by atoms with Gasteiger partial charge in [-0.25, -0.2) is 9.67 Å². The number of amides is 1. The molecule has 26 heavy (non-hydrogen) atoms.